The van der Waals surface area contributed by atoms with Gasteiger partial charge in [-0.3, -0.25) is 13.9 Å². The first-order valence-corrected chi connectivity index (χ1v) is 14.0. The summed E-state index contributed by atoms with van der Waals surface area (Å²) < 4.78 is 28.5. The Bertz CT molecular complexity index is 1370. The molecule has 0 heterocycles. The predicted molar refractivity (Wildman–Crippen MR) is 146 cm³/mol. The minimum absolute atomic E-state index is 0.0935. The van der Waals surface area contributed by atoms with Gasteiger partial charge in [-0.15, -0.1) is 0 Å². The molecule has 3 aromatic rings. The molecule has 0 radical (unpaired) electrons. The van der Waals surface area contributed by atoms with E-state index in [1.807, 2.05) is 19.9 Å². The number of nitrogens with zero attached hydrogens (tertiary/aromatic N) is 1. The number of sulfonamides is 1. The number of benzene rings is 3. The summed E-state index contributed by atoms with van der Waals surface area (Å²) in [7, 11) is -4.03. The second kappa shape index (κ2) is 11.6. The van der Waals surface area contributed by atoms with Crippen molar-refractivity contribution in [3.05, 3.63) is 89.5 Å². The Hall–Kier alpha value is -3.65. The molecule has 2 amide bonds. The van der Waals surface area contributed by atoms with Gasteiger partial charge in [0.15, 0.2) is 0 Å². The lowest BCUT2D eigenvalue weighted by Gasteiger charge is -2.26. The summed E-state index contributed by atoms with van der Waals surface area (Å²) >= 11 is 0. The first kappa shape index (κ1) is 26.4. The zero-order chi connectivity index (χ0) is 26.4. The molecule has 0 atom stereocenters. The summed E-state index contributed by atoms with van der Waals surface area (Å²) in [5.74, 6) is -0.788. The van der Waals surface area contributed by atoms with Crippen LogP contribution in [-0.4, -0.2) is 32.8 Å². The molecular weight excluding hydrogens is 486 g/mol. The van der Waals surface area contributed by atoms with Crippen molar-refractivity contribution in [2.75, 3.05) is 16.2 Å². The molecule has 1 saturated carbocycles. The summed E-state index contributed by atoms with van der Waals surface area (Å²) in [5, 5.41) is 5.86. The van der Waals surface area contributed by atoms with Crippen LogP contribution >= 0.6 is 0 Å². The topological polar surface area (TPSA) is 95.6 Å². The number of para-hydroxylation sites is 1. The quantitative estimate of drug-likeness (QED) is 0.428. The number of aryl methyl sites for hydroxylation is 1. The number of carbonyl (C=O) groups is 2. The molecule has 1 fully saturated rings. The summed E-state index contributed by atoms with van der Waals surface area (Å²) in [6.45, 7) is 3.29. The van der Waals surface area contributed by atoms with Crippen molar-refractivity contribution in [3.63, 3.8) is 0 Å². The lowest BCUT2D eigenvalue weighted by molar-refractivity contribution is -0.114. The number of hydrogen-bond donors (Lipinski definition) is 2. The van der Waals surface area contributed by atoms with Gasteiger partial charge in [0.2, 0.25) is 5.91 Å². The zero-order valence-electron chi connectivity index (χ0n) is 21.2. The van der Waals surface area contributed by atoms with Crippen LogP contribution in [-0.2, 0) is 14.8 Å². The number of anilines is 2. The van der Waals surface area contributed by atoms with E-state index in [9.17, 15) is 18.0 Å². The maximum atomic E-state index is 13.7. The third-order valence-corrected chi connectivity index (χ3v) is 8.62. The van der Waals surface area contributed by atoms with E-state index >= 15 is 0 Å². The average Bonchev–Trinajstić information content (AvgIpc) is 2.90. The molecule has 7 nitrogen and oxygen atoms in total. The highest BCUT2D eigenvalue weighted by atomic mass is 32.2. The predicted octanol–water partition coefficient (Wildman–Crippen LogP) is 5.20. The van der Waals surface area contributed by atoms with Crippen LogP contribution in [0.1, 0.15) is 53.6 Å². The van der Waals surface area contributed by atoms with Crippen molar-refractivity contribution >= 4 is 33.2 Å². The molecule has 3 aromatic carbocycles. The maximum absolute atomic E-state index is 13.7. The lowest BCUT2D eigenvalue weighted by Crippen LogP contribution is -2.39. The first-order chi connectivity index (χ1) is 17.8. The molecule has 194 valence electrons. The summed E-state index contributed by atoms with van der Waals surface area (Å²) in [6, 6.07) is 20.3. The third-order valence-electron chi connectivity index (χ3n) is 6.85. The van der Waals surface area contributed by atoms with Crippen LogP contribution in [0, 0.1) is 13.8 Å². The van der Waals surface area contributed by atoms with E-state index in [1.54, 1.807) is 54.6 Å². The Morgan fingerprint density at radius 1 is 0.865 bits per heavy atom. The van der Waals surface area contributed by atoms with Crippen LogP contribution in [0.5, 0.6) is 0 Å². The van der Waals surface area contributed by atoms with Gasteiger partial charge in [-0.25, -0.2) is 8.42 Å². The molecule has 0 bridgehead atoms. The zero-order valence-corrected chi connectivity index (χ0v) is 22.1. The average molecular weight is 520 g/mol. The molecule has 0 unspecified atom stereocenters. The molecule has 0 saturated heterocycles. The summed E-state index contributed by atoms with van der Waals surface area (Å²) in [6.07, 6.45) is 5.26. The molecule has 1 aliphatic rings. The minimum Gasteiger partial charge on any atom is -0.349 e. The smallest absolute Gasteiger partial charge is 0.264 e. The molecule has 0 aromatic heterocycles. The van der Waals surface area contributed by atoms with Gasteiger partial charge in [0, 0.05) is 6.04 Å². The van der Waals surface area contributed by atoms with Gasteiger partial charge in [-0.1, -0.05) is 61.7 Å². The van der Waals surface area contributed by atoms with E-state index in [-0.39, 0.29) is 16.8 Å². The molecule has 0 spiro atoms. The second-order valence-electron chi connectivity index (χ2n) is 9.45. The SMILES string of the molecule is Cc1cccc(N(CC(=O)Nc2ccccc2C(=O)NC2CCCCC2)S(=O)(=O)c2ccccc2)c1C. The molecule has 8 heteroatoms. The Kier molecular flexibility index (Phi) is 8.28. The van der Waals surface area contributed by atoms with E-state index in [0.29, 0.717) is 16.9 Å². The van der Waals surface area contributed by atoms with Gasteiger partial charge in [-0.2, -0.15) is 0 Å². The highest BCUT2D eigenvalue weighted by Gasteiger charge is 2.29. The van der Waals surface area contributed by atoms with Gasteiger partial charge < -0.3 is 10.6 Å². The number of amides is 2. The number of rotatable bonds is 8. The fourth-order valence-electron chi connectivity index (χ4n) is 4.65. The van der Waals surface area contributed by atoms with Crippen LogP contribution in [0.2, 0.25) is 0 Å². The second-order valence-corrected chi connectivity index (χ2v) is 11.3. The third kappa shape index (κ3) is 6.20. The first-order valence-electron chi connectivity index (χ1n) is 12.6. The van der Waals surface area contributed by atoms with Gasteiger partial charge >= 0.3 is 0 Å². The van der Waals surface area contributed by atoms with Crippen LogP contribution in [0.3, 0.4) is 0 Å². The maximum Gasteiger partial charge on any atom is 0.264 e. The van der Waals surface area contributed by atoms with Crippen molar-refractivity contribution in [3.8, 4) is 0 Å². The largest absolute Gasteiger partial charge is 0.349 e. The summed E-state index contributed by atoms with van der Waals surface area (Å²) in [4.78, 5) is 26.4. The van der Waals surface area contributed by atoms with Gasteiger partial charge in [0.25, 0.3) is 15.9 Å². The fraction of sp³-hybridized carbons (Fsp3) is 0.310. The van der Waals surface area contributed by atoms with Crippen LogP contribution in [0.15, 0.2) is 77.7 Å². The molecule has 0 aliphatic heterocycles. The Morgan fingerprint density at radius 3 is 2.27 bits per heavy atom. The Morgan fingerprint density at radius 2 is 1.54 bits per heavy atom. The van der Waals surface area contributed by atoms with Crippen LogP contribution < -0.4 is 14.9 Å². The van der Waals surface area contributed by atoms with Gasteiger partial charge in [0.05, 0.1) is 21.8 Å². The molecule has 2 N–H and O–H groups in total. The Balaban J connectivity index is 1.60. The minimum atomic E-state index is -4.03. The van der Waals surface area contributed by atoms with E-state index < -0.39 is 22.5 Å². The number of carbonyl (C=O) groups excluding carboxylic acids is 2. The van der Waals surface area contributed by atoms with Crippen LogP contribution in [0.4, 0.5) is 11.4 Å². The molecule has 1 aliphatic carbocycles. The Labute approximate surface area is 218 Å². The van der Waals surface area contributed by atoms with Crippen molar-refractivity contribution < 1.29 is 18.0 Å². The standard InChI is InChI=1S/C29H33N3O4S/c1-21-12-11-19-27(22(21)2)32(37(35,36)24-15-7-4-8-16-24)20-28(33)31-26-18-10-9-17-25(26)29(34)30-23-13-5-3-6-14-23/h4,7-12,15-19,23H,3,5-6,13-14,20H2,1-2H3,(H,30,34)(H,31,33). The summed E-state index contributed by atoms with van der Waals surface area (Å²) in [5.41, 5.74) is 2.81. The van der Waals surface area contributed by atoms with E-state index in [0.717, 1.165) is 41.1 Å². The van der Waals surface area contributed by atoms with Gasteiger partial charge in [0.1, 0.15) is 6.54 Å². The highest BCUT2D eigenvalue weighted by Crippen LogP contribution is 2.29. The fourth-order valence-corrected chi connectivity index (χ4v) is 6.14. The van der Waals surface area contributed by atoms with Crippen LogP contribution in [0.25, 0.3) is 0 Å². The number of hydrogen-bond acceptors (Lipinski definition) is 4. The lowest BCUT2D eigenvalue weighted by atomic mass is 9.95. The number of nitrogens with one attached hydrogen (secondary N) is 2. The normalized spacial score (nSPS) is 14.1. The van der Waals surface area contributed by atoms with E-state index in [1.165, 1.54) is 18.6 Å². The molecular formula is C29H33N3O4S. The molecule has 37 heavy (non-hydrogen) atoms. The highest BCUT2D eigenvalue weighted by molar-refractivity contribution is 7.92. The molecule has 4 rings (SSSR count). The monoisotopic (exact) mass is 519 g/mol. The van der Waals surface area contributed by atoms with E-state index in [2.05, 4.69) is 10.6 Å². The van der Waals surface area contributed by atoms with Crippen molar-refractivity contribution in [1.29, 1.82) is 0 Å². The van der Waals surface area contributed by atoms with Gasteiger partial charge in [-0.05, 0) is 68.1 Å². The van der Waals surface area contributed by atoms with Crippen molar-refractivity contribution in [2.24, 2.45) is 0 Å². The van der Waals surface area contributed by atoms with Crippen molar-refractivity contribution in [1.82, 2.24) is 5.32 Å². The van der Waals surface area contributed by atoms with E-state index in [4.69, 9.17) is 0 Å². The van der Waals surface area contributed by atoms with Crippen molar-refractivity contribution in [2.45, 2.75) is 56.9 Å².